The molecule has 0 saturated carbocycles. The summed E-state index contributed by atoms with van der Waals surface area (Å²) in [6, 6.07) is 3.72. The Balaban J connectivity index is 2.92. The number of aromatic nitrogens is 1. The minimum atomic E-state index is -4.39. The third kappa shape index (κ3) is 2.69. The Morgan fingerprint density at radius 2 is 2.00 bits per heavy atom. The topological polar surface area (TPSA) is 36.7 Å². The van der Waals surface area contributed by atoms with Gasteiger partial charge in [0.2, 0.25) is 0 Å². The van der Waals surface area contributed by atoms with Crippen molar-refractivity contribution in [2.75, 3.05) is 6.54 Å². The van der Waals surface area contributed by atoms with Crippen molar-refractivity contribution in [2.24, 2.45) is 0 Å². The molecular formula is C8H8F3N2. The molecular weight excluding hydrogens is 181 g/mol. The molecule has 0 unspecified atom stereocenters. The first-order valence-electron chi connectivity index (χ1n) is 3.72. The van der Waals surface area contributed by atoms with Gasteiger partial charge in [0, 0.05) is 18.7 Å². The molecule has 1 aromatic rings. The molecule has 0 amide bonds. The highest BCUT2D eigenvalue weighted by atomic mass is 19.4. The molecule has 5 heteroatoms. The van der Waals surface area contributed by atoms with Gasteiger partial charge >= 0.3 is 6.18 Å². The third-order valence-corrected chi connectivity index (χ3v) is 1.48. The molecule has 0 spiro atoms. The Kier molecular flexibility index (Phi) is 2.87. The zero-order valence-corrected chi connectivity index (χ0v) is 6.73. The minimum absolute atomic E-state index is 0.0499. The second-order valence-corrected chi connectivity index (χ2v) is 2.51. The summed E-state index contributed by atoms with van der Waals surface area (Å²) in [4.78, 5) is 3.39. The highest BCUT2D eigenvalue weighted by Gasteiger charge is 2.32. The van der Waals surface area contributed by atoms with Gasteiger partial charge in [-0.15, -0.1) is 0 Å². The van der Waals surface area contributed by atoms with Gasteiger partial charge in [0.25, 0.3) is 0 Å². The zero-order chi connectivity index (χ0) is 9.90. The summed E-state index contributed by atoms with van der Waals surface area (Å²) in [6.07, 6.45) is -4.14. The standard InChI is InChI=1S/C8H8F3N2/c9-8(10,11)7-3-1-2-6(13-7)4-5-12/h1-3,12H,4-5H2. The molecule has 13 heavy (non-hydrogen) atoms. The summed E-state index contributed by atoms with van der Waals surface area (Å²) in [7, 11) is 0. The van der Waals surface area contributed by atoms with Crippen molar-refractivity contribution >= 4 is 0 Å². The molecule has 0 atom stereocenters. The van der Waals surface area contributed by atoms with Crippen molar-refractivity contribution in [1.82, 2.24) is 10.7 Å². The lowest BCUT2D eigenvalue weighted by Gasteiger charge is -2.06. The first-order chi connectivity index (χ1) is 6.04. The lowest BCUT2D eigenvalue weighted by molar-refractivity contribution is -0.141. The van der Waals surface area contributed by atoms with Crippen LogP contribution in [0, 0.1) is 0 Å². The van der Waals surface area contributed by atoms with Gasteiger partial charge in [-0.25, -0.2) is 4.98 Å². The van der Waals surface area contributed by atoms with E-state index in [1.165, 1.54) is 12.1 Å². The van der Waals surface area contributed by atoms with Gasteiger partial charge in [-0.05, 0) is 12.1 Å². The van der Waals surface area contributed by atoms with E-state index in [1.54, 1.807) is 0 Å². The number of hydrogen-bond donors (Lipinski definition) is 0. The van der Waals surface area contributed by atoms with Crippen LogP contribution in [0.15, 0.2) is 18.2 Å². The van der Waals surface area contributed by atoms with Crippen LogP contribution < -0.4 is 5.73 Å². The first kappa shape index (κ1) is 9.98. The van der Waals surface area contributed by atoms with E-state index in [4.69, 9.17) is 5.73 Å². The van der Waals surface area contributed by atoms with E-state index in [0.717, 1.165) is 6.07 Å². The number of rotatable bonds is 2. The number of nitrogens with zero attached hydrogens (tertiary/aromatic N) is 1. The van der Waals surface area contributed by atoms with E-state index in [0.29, 0.717) is 5.69 Å². The molecule has 1 aromatic heterocycles. The van der Waals surface area contributed by atoms with E-state index in [2.05, 4.69) is 4.98 Å². The molecule has 0 aliphatic carbocycles. The lowest BCUT2D eigenvalue weighted by Crippen LogP contribution is -2.09. The zero-order valence-electron chi connectivity index (χ0n) is 6.73. The van der Waals surface area contributed by atoms with Crippen LogP contribution in [-0.2, 0) is 12.6 Å². The number of alkyl halides is 3. The summed E-state index contributed by atoms with van der Waals surface area (Å²) in [5.74, 6) is 0. The number of pyridine rings is 1. The quantitative estimate of drug-likeness (QED) is 0.700. The fourth-order valence-corrected chi connectivity index (χ4v) is 0.905. The summed E-state index contributed by atoms with van der Waals surface area (Å²) in [5, 5.41) is 0. The molecule has 1 N–H and O–H groups in total. The van der Waals surface area contributed by atoms with Crippen molar-refractivity contribution in [2.45, 2.75) is 12.6 Å². The van der Waals surface area contributed by atoms with Gasteiger partial charge in [-0.2, -0.15) is 13.2 Å². The van der Waals surface area contributed by atoms with Crippen LogP contribution in [-0.4, -0.2) is 11.5 Å². The molecule has 0 aliphatic rings. The molecule has 0 aliphatic heterocycles. The fourth-order valence-electron chi connectivity index (χ4n) is 0.905. The molecule has 0 saturated heterocycles. The van der Waals surface area contributed by atoms with E-state index >= 15 is 0 Å². The van der Waals surface area contributed by atoms with Crippen molar-refractivity contribution < 1.29 is 13.2 Å². The van der Waals surface area contributed by atoms with Crippen LogP contribution in [0.2, 0.25) is 0 Å². The van der Waals surface area contributed by atoms with Crippen molar-refractivity contribution in [3.8, 4) is 0 Å². The van der Waals surface area contributed by atoms with Gasteiger partial charge in [0.1, 0.15) is 5.69 Å². The molecule has 1 radical (unpaired) electrons. The maximum atomic E-state index is 12.1. The van der Waals surface area contributed by atoms with E-state index in [1.807, 2.05) is 0 Å². The van der Waals surface area contributed by atoms with Crippen LogP contribution in [0.4, 0.5) is 13.2 Å². The Labute approximate surface area is 73.6 Å². The monoisotopic (exact) mass is 189 g/mol. The maximum absolute atomic E-state index is 12.1. The van der Waals surface area contributed by atoms with Gasteiger partial charge in [0.15, 0.2) is 0 Å². The van der Waals surface area contributed by atoms with Crippen molar-refractivity contribution in [1.29, 1.82) is 0 Å². The minimum Gasteiger partial charge on any atom is -0.257 e. The average Bonchev–Trinajstić information content (AvgIpc) is 2.04. The Hall–Kier alpha value is -1.10. The van der Waals surface area contributed by atoms with Crippen LogP contribution in [0.5, 0.6) is 0 Å². The number of hydrogen-bond acceptors (Lipinski definition) is 1. The van der Waals surface area contributed by atoms with Crippen LogP contribution in [0.3, 0.4) is 0 Å². The molecule has 0 fully saturated rings. The van der Waals surface area contributed by atoms with Gasteiger partial charge in [-0.1, -0.05) is 6.07 Å². The average molecular weight is 189 g/mol. The van der Waals surface area contributed by atoms with E-state index in [9.17, 15) is 13.2 Å². The van der Waals surface area contributed by atoms with E-state index in [-0.39, 0.29) is 13.0 Å². The number of nitrogens with one attached hydrogen (secondary N) is 1. The Bertz CT molecular complexity index is 283. The fraction of sp³-hybridized carbons (Fsp3) is 0.375. The van der Waals surface area contributed by atoms with Crippen molar-refractivity contribution in [3.63, 3.8) is 0 Å². The highest BCUT2D eigenvalue weighted by molar-refractivity contribution is 5.13. The number of halogens is 3. The highest BCUT2D eigenvalue weighted by Crippen LogP contribution is 2.27. The van der Waals surface area contributed by atoms with Crippen LogP contribution in [0.1, 0.15) is 11.4 Å². The van der Waals surface area contributed by atoms with Gasteiger partial charge in [0.05, 0.1) is 0 Å². The molecule has 71 valence electrons. The molecule has 1 rings (SSSR count). The predicted molar refractivity (Wildman–Crippen MR) is 40.9 cm³/mol. The summed E-state index contributed by atoms with van der Waals surface area (Å²) in [5.41, 5.74) is 6.26. The third-order valence-electron chi connectivity index (χ3n) is 1.48. The summed E-state index contributed by atoms with van der Waals surface area (Å²) < 4.78 is 36.3. The first-order valence-corrected chi connectivity index (χ1v) is 3.72. The second-order valence-electron chi connectivity index (χ2n) is 2.51. The van der Waals surface area contributed by atoms with Crippen molar-refractivity contribution in [3.05, 3.63) is 29.6 Å². The largest absolute Gasteiger partial charge is 0.433 e. The lowest BCUT2D eigenvalue weighted by atomic mass is 10.2. The molecule has 1 heterocycles. The van der Waals surface area contributed by atoms with Crippen LogP contribution >= 0.6 is 0 Å². The van der Waals surface area contributed by atoms with Gasteiger partial charge < -0.3 is 0 Å². The second kappa shape index (κ2) is 3.74. The SMILES string of the molecule is [NH]CCc1cccc(C(F)(F)F)n1. The van der Waals surface area contributed by atoms with E-state index < -0.39 is 11.9 Å². The molecule has 0 bridgehead atoms. The normalized spacial score (nSPS) is 11.7. The summed E-state index contributed by atoms with van der Waals surface area (Å²) in [6.45, 7) is 0.0499. The smallest absolute Gasteiger partial charge is 0.257 e. The Morgan fingerprint density at radius 3 is 2.54 bits per heavy atom. The predicted octanol–water partition coefficient (Wildman–Crippen LogP) is 1.93. The summed E-state index contributed by atoms with van der Waals surface area (Å²) >= 11 is 0. The van der Waals surface area contributed by atoms with Crippen LogP contribution in [0.25, 0.3) is 0 Å². The Morgan fingerprint density at radius 1 is 1.31 bits per heavy atom. The van der Waals surface area contributed by atoms with Gasteiger partial charge in [-0.3, -0.25) is 5.73 Å². The molecule has 2 nitrogen and oxygen atoms in total. The molecule has 0 aromatic carbocycles. The maximum Gasteiger partial charge on any atom is 0.433 e.